The van der Waals surface area contributed by atoms with Crippen LogP contribution in [0, 0.1) is 5.95 Å². The quantitative estimate of drug-likeness (QED) is 0.414. The molecule has 3 aromatic rings. The number of nitrogens with two attached hydrogens (primary N) is 1. The average Bonchev–Trinajstić information content (AvgIpc) is 2.64. The number of hydrogen-bond acceptors (Lipinski definition) is 4. The lowest BCUT2D eigenvalue weighted by molar-refractivity contribution is 0.102. The highest BCUT2D eigenvalue weighted by atomic mass is 19.1. The van der Waals surface area contributed by atoms with Gasteiger partial charge in [0.25, 0.3) is 5.91 Å². The standard InChI is InChI=1S/C19H15FN4O3/c20-17-8-4-13(10-22-17)12-3-7-15(21)16(9-12)24-18(25)11-1-5-14(6-2-11)23-19(26)27/h1-10,23H,21H2,(H,24,25)(H,26,27). The Morgan fingerprint density at radius 3 is 2.30 bits per heavy atom. The SMILES string of the molecule is Nc1ccc(-c2ccc(F)nc2)cc1NC(=O)c1ccc(NC(=O)O)cc1. The van der Waals surface area contributed by atoms with Gasteiger partial charge in [0, 0.05) is 23.0 Å². The lowest BCUT2D eigenvalue weighted by Gasteiger charge is -2.11. The molecule has 0 aliphatic carbocycles. The largest absolute Gasteiger partial charge is 0.465 e. The van der Waals surface area contributed by atoms with Gasteiger partial charge in [-0.1, -0.05) is 6.07 Å². The van der Waals surface area contributed by atoms with E-state index in [1.54, 1.807) is 24.3 Å². The van der Waals surface area contributed by atoms with Gasteiger partial charge in [0.15, 0.2) is 0 Å². The van der Waals surface area contributed by atoms with E-state index >= 15 is 0 Å². The number of nitrogens with zero attached hydrogens (tertiary/aromatic N) is 1. The summed E-state index contributed by atoms with van der Waals surface area (Å²) >= 11 is 0. The van der Waals surface area contributed by atoms with Crippen molar-refractivity contribution in [1.82, 2.24) is 4.98 Å². The van der Waals surface area contributed by atoms with E-state index in [0.717, 1.165) is 0 Å². The first kappa shape index (κ1) is 17.9. The number of carboxylic acid groups (broad SMARTS) is 1. The number of anilines is 3. The van der Waals surface area contributed by atoms with Crippen LogP contribution in [0.25, 0.3) is 11.1 Å². The number of halogens is 1. The van der Waals surface area contributed by atoms with Gasteiger partial charge in [0.1, 0.15) is 0 Å². The van der Waals surface area contributed by atoms with Crippen LogP contribution in [0.4, 0.5) is 26.2 Å². The number of rotatable bonds is 4. The predicted molar refractivity (Wildman–Crippen MR) is 100 cm³/mol. The second kappa shape index (κ2) is 7.52. The van der Waals surface area contributed by atoms with Crippen molar-refractivity contribution in [1.29, 1.82) is 0 Å². The van der Waals surface area contributed by atoms with E-state index in [9.17, 15) is 14.0 Å². The fourth-order valence-electron chi connectivity index (χ4n) is 2.41. The number of carbonyl (C=O) groups is 2. The molecule has 136 valence electrons. The number of pyridine rings is 1. The molecule has 0 bridgehead atoms. The summed E-state index contributed by atoms with van der Waals surface area (Å²) in [5.41, 5.74) is 8.77. The summed E-state index contributed by atoms with van der Waals surface area (Å²) in [4.78, 5) is 26.6. The van der Waals surface area contributed by atoms with Crippen LogP contribution in [0.2, 0.25) is 0 Å². The van der Waals surface area contributed by atoms with Gasteiger partial charge in [-0.15, -0.1) is 0 Å². The number of hydrogen-bond donors (Lipinski definition) is 4. The number of nitrogens with one attached hydrogen (secondary N) is 2. The van der Waals surface area contributed by atoms with Crippen LogP contribution in [0.15, 0.2) is 60.8 Å². The first-order valence-electron chi connectivity index (χ1n) is 7.85. The van der Waals surface area contributed by atoms with Crippen LogP contribution in [-0.2, 0) is 0 Å². The minimum absolute atomic E-state index is 0.333. The van der Waals surface area contributed by atoms with Gasteiger partial charge in [-0.2, -0.15) is 4.39 Å². The lowest BCUT2D eigenvalue weighted by atomic mass is 10.1. The molecule has 0 unspecified atom stereocenters. The van der Waals surface area contributed by atoms with E-state index in [-0.39, 0.29) is 0 Å². The number of aromatic nitrogens is 1. The molecule has 2 amide bonds. The smallest absolute Gasteiger partial charge is 0.409 e. The number of nitrogen functional groups attached to an aromatic ring is 1. The van der Waals surface area contributed by atoms with Crippen molar-refractivity contribution in [2.45, 2.75) is 0 Å². The summed E-state index contributed by atoms with van der Waals surface area (Å²) in [6, 6.07) is 13.8. The van der Waals surface area contributed by atoms with E-state index < -0.39 is 17.9 Å². The zero-order chi connectivity index (χ0) is 19.4. The molecule has 0 fully saturated rings. The van der Waals surface area contributed by atoms with Crippen molar-refractivity contribution in [2.24, 2.45) is 0 Å². The molecule has 0 aliphatic rings. The van der Waals surface area contributed by atoms with Gasteiger partial charge in [-0.3, -0.25) is 10.1 Å². The maximum absolute atomic E-state index is 13.0. The summed E-state index contributed by atoms with van der Waals surface area (Å²) in [7, 11) is 0. The minimum atomic E-state index is -1.19. The van der Waals surface area contributed by atoms with Crippen molar-refractivity contribution < 1.29 is 19.1 Å². The van der Waals surface area contributed by atoms with E-state index in [1.165, 1.54) is 36.5 Å². The molecule has 0 atom stereocenters. The molecule has 0 saturated carbocycles. The molecule has 2 aromatic carbocycles. The molecule has 8 heteroatoms. The van der Waals surface area contributed by atoms with Crippen molar-refractivity contribution in [3.63, 3.8) is 0 Å². The highest BCUT2D eigenvalue weighted by molar-refractivity contribution is 6.06. The van der Waals surface area contributed by atoms with Crippen LogP contribution < -0.4 is 16.4 Å². The average molecular weight is 366 g/mol. The van der Waals surface area contributed by atoms with Gasteiger partial charge < -0.3 is 16.2 Å². The van der Waals surface area contributed by atoms with Crippen molar-refractivity contribution in [3.8, 4) is 11.1 Å². The summed E-state index contributed by atoms with van der Waals surface area (Å²) in [6.45, 7) is 0. The van der Waals surface area contributed by atoms with Crippen LogP contribution in [0.5, 0.6) is 0 Å². The van der Waals surface area contributed by atoms with E-state index in [4.69, 9.17) is 10.8 Å². The van der Waals surface area contributed by atoms with E-state index in [1.807, 2.05) is 0 Å². The second-order valence-corrected chi connectivity index (χ2v) is 5.63. The van der Waals surface area contributed by atoms with Gasteiger partial charge in [-0.25, -0.2) is 9.78 Å². The first-order valence-corrected chi connectivity index (χ1v) is 7.85. The van der Waals surface area contributed by atoms with Crippen LogP contribution in [0.1, 0.15) is 10.4 Å². The van der Waals surface area contributed by atoms with Gasteiger partial charge in [0.05, 0.1) is 11.4 Å². The molecule has 0 aliphatic heterocycles. The third-order valence-electron chi connectivity index (χ3n) is 3.76. The zero-order valence-electron chi connectivity index (χ0n) is 13.9. The molecule has 0 spiro atoms. The molecule has 1 aromatic heterocycles. The van der Waals surface area contributed by atoms with Crippen LogP contribution >= 0.6 is 0 Å². The van der Waals surface area contributed by atoms with E-state index in [2.05, 4.69) is 15.6 Å². The number of benzene rings is 2. The number of carbonyl (C=O) groups excluding carboxylic acids is 1. The lowest BCUT2D eigenvalue weighted by Crippen LogP contribution is -2.13. The second-order valence-electron chi connectivity index (χ2n) is 5.63. The molecular weight excluding hydrogens is 351 g/mol. The molecule has 7 nitrogen and oxygen atoms in total. The van der Waals surface area contributed by atoms with Gasteiger partial charge in [-0.05, 0) is 54.1 Å². The maximum Gasteiger partial charge on any atom is 0.409 e. The van der Waals surface area contributed by atoms with Gasteiger partial charge >= 0.3 is 6.09 Å². The first-order chi connectivity index (χ1) is 12.9. The maximum atomic E-state index is 13.0. The van der Waals surface area contributed by atoms with Crippen LogP contribution in [0.3, 0.4) is 0 Å². The molecule has 3 rings (SSSR count). The fraction of sp³-hybridized carbons (Fsp3) is 0. The fourth-order valence-corrected chi connectivity index (χ4v) is 2.41. The number of amides is 2. The van der Waals surface area contributed by atoms with Gasteiger partial charge in [0.2, 0.25) is 5.95 Å². The monoisotopic (exact) mass is 366 g/mol. The zero-order valence-corrected chi connectivity index (χ0v) is 13.9. The Morgan fingerprint density at radius 2 is 1.67 bits per heavy atom. The molecule has 0 saturated heterocycles. The Hall–Kier alpha value is -3.94. The third-order valence-corrected chi connectivity index (χ3v) is 3.76. The Kier molecular flexibility index (Phi) is 4.98. The Labute approximate surface area is 153 Å². The van der Waals surface area contributed by atoms with E-state index in [0.29, 0.717) is 33.8 Å². The Bertz CT molecular complexity index is 989. The molecule has 5 N–H and O–H groups in total. The van der Waals surface area contributed by atoms with Crippen molar-refractivity contribution in [2.75, 3.05) is 16.4 Å². The Balaban J connectivity index is 1.80. The van der Waals surface area contributed by atoms with Crippen molar-refractivity contribution >= 4 is 29.1 Å². The predicted octanol–water partition coefficient (Wildman–Crippen LogP) is 3.81. The highest BCUT2D eigenvalue weighted by Gasteiger charge is 2.10. The van der Waals surface area contributed by atoms with Crippen LogP contribution in [-0.4, -0.2) is 22.1 Å². The normalized spacial score (nSPS) is 10.3. The molecule has 0 radical (unpaired) electrons. The minimum Gasteiger partial charge on any atom is -0.465 e. The topological polar surface area (TPSA) is 117 Å². The molecular formula is C19H15FN4O3. The summed E-state index contributed by atoms with van der Waals surface area (Å²) in [5, 5.41) is 13.6. The molecule has 27 heavy (non-hydrogen) atoms. The summed E-state index contributed by atoms with van der Waals surface area (Å²) in [6.07, 6.45) is 0.202. The molecule has 1 heterocycles. The Morgan fingerprint density at radius 1 is 0.963 bits per heavy atom. The summed E-state index contributed by atoms with van der Waals surface area (Å²) in [5.74, 6) is -0.985. The highest BCUT2D eigenvalue weighted by Crippen LogP contribution is 2.27. The van der Waals surface area contributed by atoms with Crippen molar-refractivity contribution in [3.05, 3.63) is 72.3 Å². The summed E-state index contributed by atoms with van der Waals surface area (Å²) < 4.78 is 13.0. The third kappa shape index (κ3) is 4.37.